The number of nitrogens with one attached hydrogen (secondary N) is 1. The van der Waals surface area contributed by atoms with Gasteiger partial charge in [-0.05, 0) is 32.0 Å². The molecular weight excluding hydrogens is 275 g/mol. The maximum absolute atomic E-state index is 13.7. The van der Waals surface area contributed by atoms with Crippen molar-refractivity contribution in [3.63, 3.8) is 0 Å². The zero-order valence-corrected chi connectivity index (χ0v) is 12.6. The van der Waals surface area contributed by atoms with Crippen molar-refractivity contribution in [2.45, 2.75) is 32.5 Å². The highest BCUT2D eigenvalue weighted by molar-refractivity contribution is 5.68. The van der Waals surface area contributed by atoms with Gasteiger partial charge in [0.05, 0.1) is 7.11 Å². The first-order chi connectivity index (χ1) is 10.0. The maximum atomic E-state index is 13.7. The highest BCUT2D eigenvalue weighted by Gasteiger charge is 2.30. The zero-order chi connectivity index (χ0) is 15.4. The molecule has 2 rings (SSSR count). The molecule has 21 heavy (non-hydrogen) atoms. The van der Waals surface area contributed by atoms with Crippen LogP contribution in [-0.4, -0.2) is 43.3 Å². The molecule has 0 aliphatic carbocycles. The average Bonchev–Trinajstić information content (AvgIpc) is 2.46. The van der Waals surface area contributed by atoms with Gasteiger partial charge < -0.3 is 19.7 Å². The first-order valence-corrected chi connectivity index (χ1v) is 7.01. The fourth-order valence-corrected chi connectivity index (χ4v) is 2.49. The van der Waals surface area contributed by atoms with Gasteiger partial charge in [0.2, 0.25) is 0 Å². The van der Waals surface area contributed by atoms with Crippen molar-refractivity contribution in [3.05, 3.63) is 29.6 Å². The molecule has 1 N–H and O–H groups in total. The van der Waals surface area contributed by atoms with E-state index in [1.165, 1.54) is 25.3 Å². The number of carbonyl (C=O) groups excluding carboxylic acids is 1. The van der Waals surface area contributed by atoms with Crippen LogP contribution in [-0.2, 0) is 11.3 Å². The van der Waals surface area contributed by atoms with Gasteiger partial charge in [0.15, 0.2) is 0 Å². The number of methoxy groups -OCH3 is 1. The minimum atomic E-state index is -0.418. The van der Waals surface area contributed by atoms with Gasteiger partial charge in [-0.15, -0.1) is 0 Å². The van der Waals surface area contributed by atoms with E-state index in [4.69, 9.17) is 9.47 Å². The van der Waals surface area contributed by atoms with Crippen LogP contribution in [0, 0.1) is 5.82 Å². The van der Waals surface area contributed by atoms with Crippen LogP contribution in [0.2, 0.25) is 0 Å². The first-order valence-electron chi connectivity index (χ1n) is 7.01. The highest BCUT2D eigenvalue weighted by atomic mass is 19.1. The molecule has 0 radical (unpaired) electrons. The van der Waals surface area contributed by atoms with Crippen molar-refractivity contribution in [2.24, 2.45) is 0 Å². The minimum Gasteiger partial charge on any atom is -0.497 e. The number of hydrogen-bond acceptors (Lipinski definition) is 4. The smallest absolute Gasteiger partial charge is 0.410 e. The van der Waals surface area contributed by atoms with E-state index >= 15 is 0 Å². The van der Waals surface area contributed by atoms with Crippen molar-refractivity contribution in [3.8, 4) is 5.75 Å². The standard InChI is InChI=1S/C15H21FN2O3/c1-10-7-17-8-11(2)18(10)15(19)21-9-12-6-13(20-3)4-5-14(12)16/h4-6,10-11,17H,7-9H2,1-3H3. The van der Waals surface area contributed by atoms with Gasteiger partial charge in [0, 0.05) is 30.7 Å². The van der Waals surface area contributed by atoms with Crippen molar-refractivity contribution in [2.75, 3.05) is 20.2 Å². The quantitative estimate of drug-likeness (QED) is 0.928. The Hall–Kier alpha value is -1.82. The Morgan fingerprint density at radius 2 is 2.05 bits per heavy atom. The van der Waals surface area contributed by atoms with E-state index in [0.29, 0.717) is 11.3 Å². The summed E-state index contributed by atoms with van der Waals surface area (Å²) in [7, 11) is 1.51. The number of carbonyl (C=O) groups is 1. The molecule has 5 nitrogen and oxygen atoms in total. The van der Waals surface area contributed by atoms with Gasteiger partial charge in [0.25, 0.3) is 0 Å². The van der Waals surface area contributed by atoms with Crippen LogP contribution in [0.3, 0.4) is 0 Å². The number of benzene rings is 1. The molecule has 0 bridgehead atoms. The van der Waals surface area contributed by atoms with Crippen molar-refractivity contribution in [1.29, 1.82) is 0 Å². The van der Waals surface area contributed by atoms with Crippen LogP contribution in [0.15, 0.2) is 18.2 Å². The van der Waals surface area contributed by atoms with Crippen LogP contribution in [0.25, 0.3) is 0 Å². The summed E-state index contributed by atoms with van der Waals surface area (Å²) < 4.78 is 24.0. The molecule has 1 aromatic carbocycles. The third-order valence-electron chi connectivity index (χ3n) is 3.64. The summed E-state index contributed by atoms with van der Waals surface area (Å²) in [6, 6.07) is 4.47. The minimum absolute atomic E-state index is 0.0522. The molecule has 1 aliphatic rings. The van der Waals surface area contributed by atoms with E-state index in [0.717, 1.165) is 13.1 Å². The molecule has 1 saturated heterocycles. The fourth-order valence-electron chi connectivity index (χ4n) is 2.49. The summed E-state index contributed by atoms with van der Waals surface area (Å²) in [6.07, 6.45) is -0.418. The molecule has 0 aromatic heterocycles. The second kappa shape index (κ2) is 6.76. The predicted octanol–water partition coefficient (Wildman–Crippen LogP) is 2.15. The van der Waals surface area contributed by atoms with Gasteiger partial charge >= 0.3 is 6.09 Å². The lowest BCUT2D eigenvalue weighted by atomic mass is 10.1. The van der Waals surface area contributed by atoms with Crippen LogP contribution in [0.4, 0.5) is 9.18 Å². The molecule has 1 heterocycles. The second-order valence-electron chi connectivity index (χ2n) is 5.28. The Bertz CT molecular complexity index is 500. The van der Waals surface area contributed by atoms with Gasteiger partial charge in [-0.2, -0.15) is 0 Å². The molecule has 2 unspecified atom stereocenters. The Morgan fingerprint density at radius 1 is 1.38 bits per heavy atom. The van der Waals surface area contributed by atoms with E-state index < -0.39 is 11.9 Å². The molecule has 1 fully saturated rings. The molecule has 6 heteroatoms. The lowest BCUT2D eigenvalue weighted by molar-refractivity contribution is 0.0557. The molecule has 1 aliphatic heterocycles. The number of hydrogen-bond donors (Lipinski definition) is 1. The Kier molecular flexibility index (Phi) is 5.01. The molecule has 116 valence electrons. The van der Waals surface area contributed by atoms with E-state index in [9.17, 15) is 9.18 Å². The summed E-state index contributed by atoms with van der Waals surface area (Å²) in [5.41, 5.74) is 0.304. The fraction of sp³-hybridized carbons (Fsp3) is 0.533. The molecular formula is C15H21FN2O3. The first kappa shape index (κ1) is 15.6. The number of nitrogens with zero attached hydrogens (tertiary/aromatic N) is 1. The number of piperazine rings is 1. The van der Waals surface area contributed by atoms with Gasteiger partial charge in [-0.3, -0.25) is 0 Å². The van der Waals surface area contributed by atoms with Crippen molar-refractivity contribution < 1.29 is 18.7 Å². The summed E-state index contributed by atoms with van der Waals surface area (Å²) in [5, 5.41) is 3.24. The third-order valence-corrected chi connectivity index (χ3v) is 3.64. The van der Waals surface area contributed by atoms with E-state index in [-0.39, 0.29) is 18.7 Å². The third kappa shape index (κ3) is 3.64. The van der Waals surface area contributed by atoms with Crippen molar-refractivity contribution in [1.82, 2.24) is 10.2 Å². The molecule has 2 atom stereocenters. The number of ether oxygens (including phenoxy) is 2. The van der Waals surface area contributed by atoms with Crippen LogP contribution < -0.4 is 10.1 Å². The maximum Gasteiger partial charge on any atom is 0.410 e. The van der Waals surface area contributed by atoms with Crippen LogP contribution >= 0.6 is 0 Å². The summed E-state index contributed by atoms with van der Waals surface area (Å²) in [5.74, 6) is 0.122. The summed E-state index contributed by atoms with van der Waals surface area (Å²) >= 11 is 0. The van der Waals surface area contributed by atoms with Crippen LogP contribution in [0.5, 0.6) is 5.75 Å². The normalized spacial score (nSPS) is 22.0. The van der Waals surface area contributed by atoms with E-state index in [2.05, 4.69) is 5.32 Å². The molecule has 0 saturated carbocycles. The summed E-state index contributed by atoms with van der Waals surface area (Å²) in [4.78, 5) is 13.9. The molecule has 1 aromatic rings. The topological polar surface area (TPSA) is 50.8 Å². The lowest BCUT2D eigenvalue weighted by Gasteiger charge is -2.38. The summed E-state index contributed by atoms with van der Waals surface area (Å²) in [6.45, 7) is 5.26. The van der Waals surface area contributed by atoms with Gasteiger partial charge in [-0.25, -0.2) is 9.18 Å². The van der Waals surface area contributed by atoms with E-state index in [1.54, 1.807) is 4.90 Å². The van der Waals surface area contributed by atoms with Gasteiger partial charge in [-0.1, -0.05) is 0 Å². The SMILES string of the molecule is COc1ccc(F)c(COC(=O)N2C(C)CNCC2C)c1. The second-order valence-corrected chi connectivity index (χ2v) is 5.28. The van der Waals surface area contributed by atoms with Crippen molar-refractivity contribution >= 4 is 6.09 Å². The number of amides is 1. The average molecular weight is 296 g/mol. The molecule has 1 amide bonds. The Morgan fingerprint density at radius 3 is 2.67 bits per heavy atom. The Balaban J connectivity index is 2.00. The zero-order valence-electron chi connectivity index (χ0n) is 12.6. The molecule has 0 spiro atoms. The lowest BCUT2D eigenvalue weighted by Crippen LogP contribution is -2.57. The predicted molar refractivity (Wildman–Crippen MR) is 76.8 cm³/mol. The number of halogens is 1. The van der Waals surface area contributed by atoms with E-state index in [1.807, 2.05) is 13.8 Å². The highest BCUT2D eigenvalue weighted by Crippen LogP contribution is 2.18. The monoisotopic (exact) mass is 296 g/mol. The number of rotatable bonds is 3. The van der Waals surface area contributed by atoms with Crippen LogP contribution in [0.1, 0.15) is 19.4 Å². The van der Waals surface area contributed by atoms with Gasteiger partial charge in [0.1, 0.15) is 18.2 Å². The Labute approximate surface area is 124 Å². The largest absolute Gasteiger partial charge is 0.497 e.